The number of carbonyl (C=O) groups is 1. The predicted octanol–water partition coefficient (Wildman–Crippen LogP) is 3.16. The molecule has 2 rings (SSSR count). The van der Waals surface area contributed by atoms with Crippen molar-refractivity contribution in [3.8, 4) is 0 Å². The van der Waals surface area contributed by atoms with Crippen LogP contribution in [0.3, 0.4) is 0 Å². The van der Waals surface area contributed by atoms with E-state index in [9.17, 15) is 13.6 Å². The highest BCUT2D eigenvalue weighted by Gasteiger charge is 2.15. The standard InChI is InChI=1S/C13H10ClF2N3O/c1-6-2-7(5-18-12(6)14)19-13(20)8-3-11(17)10(16)4-9(8)15/h2-5H,17H2,1H3,(H,19,20). The molecule has 0 saturated heterocycles. The quantitative estimate of drug-likeness (QED) is 0.661. The van der Waals surface area contributed by atoms with E-state index in [0.29, 0.717) is 22.5 Å². The average molecular weight is 298 g/mol. The molecule has 0 fully saturated rings. The number of anilines is 2. The maximum absolute atomic E-state index is 13.5. The van der Waals surface area contributed by atoms with E-state index >= 15 is 0 Å². The monoisotopic (exact) mass is 297 g/mol. The highest BCUT2D eigenvalue weighted by Crippen LogP contribution is 2.20. The lowest BCUT2D eigenvalue weighted by Crippen LogP contribution is -2.15. The van der Waals surface area contributed by atoms with Gasteiger partial charge in [-0.3, -0.25) is 4.79 Å². The molecule has 1 aromatic heterocycles. The molecule has 1 amide bonds. The second-order valence-corrected chi connectivity index (χ2v) is 4.50. The van der Waals surface area contributed by atoms with Crippen LogP contribution >= 0.6 is 11.6 Å². The number of carbonyl (C=O) groups excluding carboxylic acids is 1. The number of halogens is 3. The molecule has 0 aliphatic rings. The van der Waals surface area contributed by atoms with Crippen LogP contribution in [0.15, 0.2) is 24.4 Å². The normalized spacial score (nSPS) is 10.4. The van der Waals surface area contributed by atoms with Gasteiger partial charge in [-0.15, -0.1) is 0 Å². The van der Waals surface area contributed by atoms with Crippen molar-refractivity contribution in [3.63, 3.8) is 0 Å². The highest BCUT2D eigenvalue weighted by molar-refractivity contribution is 6.30. The summed E-state index contributed by atoms with van der Waals surface area (Å²) >= 11 is 5.76. The lowest BCUT2D eigenvalue weighted by Gasteiger charge is -2.08. The summed E-state index contributed by atoms with van der Waals surface area (Å²) in [5.41, 5.74) is 5.66. The van der Waals surface area contributed by atoms with Crippen molar-refractivity contribution >= 4 is 28.9 Å². The Labute approximate surface area is 118 Å². The van der Waals surface area contributed by atoms with Crippen LogP contribution in [0.5, 0.6) is 0 Å². The van der Waals surface area contributed by atoms with Crippen LogP contribution < -0.4 is 11.1 Å². The van der Waals surface area contributed by atoms with Crippen molar-refractivity contribution in [1.29, 1.82) is 0 Å². The number of hydrogen-bond acceptors (Lipinski definition) is 3. The van der Waals surface area contributed by atoms with Crippen molar-refractivity contribution in [2.75, 3.05) is 11.1 Å². The smallest absolute Gasteiger partial charge is 0.258 e. The molecule has 0 aliphatic heterocycles. The zero-order chi connectivity index (χ0) is 14.9. The average Bonchev–Trinajstić information content (AvgIpc) is 2.38. The Hall–Kier alpha value is -2.21. The molecule has 104 valence electrons. The molecule has 3 N–H and O–H groups in total. The Morgan fingerprint density at radius 3 is 2.65 bits per heavy atom. The number of amides is 1. The van der Waals surface area contributed by atoms with Crippen LogP contribution in [0.2, 0.25) is 5.15 Å². The minimum atomic E-state index is -0.993. The Balaban J connectivity index is 2.28. The van der Waals surface area contributed by atoms with Gasteiger partial charge in [-0.25, -0.2) is 13.8 Å². The van der Waals surface area contributed by atoms with E-state index in [1.807, 2.05) is 0 Å². The second-order valence-electron chi connectivity index (χ2n) is 4.14. The van der Waals surface area contributed by atoms with Gasteiger partial charge in [0.05, 0.1) is 23.1 Å². The van der Waals surface area contributed by atoms with Gasteiger partial charge in [0.2, 0.25) is 0 Å². The van der Waals surface area contributed by atoms with Crippen molar-refractivity contribution in [2.45, 2.75) is 6.92 Å². The summed E-state index contributed by atoms with van der Waals surface area (Å²) in [6.07, 6.45) is 1.33. The van der Waals surface area contributed by atoms with Crippen molar-refractivity contribution in [1.82, 2.24) is 4.98 Å². The fraction of sp³-hybridized carbons (Fsp3) is 0.0769. The molecule has 0 aliphatic carbocycles. The van der Waals surface area contributed by atoms with Gasteiger partial charge in [0.1, 0.15) is 16.8 Å². The lowest BCUT2D eigenvalue weighted by molar-refractivity contribution is 0.102. The van der Waals surface area contributed by atoms with E-state index < -0.39 is 17.5 Å². The predicted molar refractivity (Wildman–Crippen MR) is 72.7 cm³/mol. The summed E-state index contributed by atoms with van der Waals surface area (Å²) in [4.78, 5) is 15.8. The number of nitrogen functional groups attached to an aromatic ring is 1. The Morgan fingerprint density at radius 1 is 1.30 bits per heavy atom. The fourth-order valence-corrected chi connectivity index (χ4v) is 1.67. The van der Waals surface area contributed by atoms with Gasteiger partial charge in [-0.05, 0) is 24.6 Å². The van der Waals surface area contributed by atoms with Crippen LogP contribution in [0.1, 0.15) is 15.9 Å². The van der Waals surface area contributed by atoms with E-state index in [1.54, 1.807) is 13.0 Å². The molecule has 0 spiro atoms. The zero-order valence-corrected chi connectivity index (χ0v) is 11.1. The largest absolute Gasteiger partial charge is 0.396 e. The first kappa shape index (κ1) is 14.2. The van der Waals surface area contributed by atoms with E-state index in [2.05, 4.69) is 10.3 Å². The first-order valence-corrected chi connectivity index (χ1v) is 5.94. The van der Waals surface area contributed by atoms with Gasteiger partial charge in [0.25, 0.3) is 5.91 Å². The number of rotatable bonds is 2. The topological polar surface area (TPSA) is 68.0 Å². The lowest BCUT2D eigenvalue weighted by atomic mass is 10.1. The number of aromatic nitrogens is 1. The number of pyridine rings is 1. The van der Waals surface area contributed by atoms with Gasteiger partial charge in [0, 0.05) is 6.07 Å². The number of nitrogens with two attached hydrogens (primary N) is 1. The molecule has 0 radical (unpaired) electrons. The third-order valence-electron chi connectivity index (χ3n) is 2.60. The van der Waals surface area contributed by atoms with Crippen LogP contribution in [0.4, 0.5) is 20.2 Å². The molecule has 0 bridgehead atoms. The summed E-state index contributed by atoms with van der Waals surface area (Å²) < 4.78 is 26.6. The number of hydrogen-bond donors (Lipinski definition) is 2. The molecular weight excluding hydrogens is 288 g/mol. The maximum atomic E-state index is 13.5. The van der Waals surface area contributed by atoms with Crippen molar-refractivity contribution < 1.29 is 13.6 Å². The number of nitrogens with zero attached hydrogens (tertiary/aromatic N) is 1. The molecule has 20 heavy (non-hydrogen) atoms. The zero-order valence-electron chi connectivity index (χ0n) is 10.4. The van der Waals surface area contributed by atoms with Gasteiger partial charge >= 0.3 is 0 Å². The molecule has 0 saturated carbocycles. The van der Waals surface area contributed by atoms with E-state index in [4.69, 9.17) is 17.3 Å². The van der Waals surface area contributed by atoms with Gasteiger partial charge < -0.3 is 11.1 Å². The van der Waals surface area contributed by atoms with Gasteiger partial charge in [0.15, 0.2) is 0 Å². The van der Waals surface area contributed by atoms with Crippen LogP contribution in [0.25, 0.3) is 0 Å². The molecule has 4 nitrogen and oxygen atoms in total. The van der Waals surface area contributed by atoms with E-state index in [0.717, 1.165) is 6.07 Å². The van der Waals surface area contributed by atoms with Crippen LogP contribution in [-0.4, -0.2) is 10.9 Å². The third kappa shape index (κ3) is 2.85. The maximum Gasteiger partial charge on any atom is 0.258 e. The van der Waals surface area contributed by atoms with Crippen LogP contribution in [-0.2, 0) is 0 Å². The summed E-state index contributed by atoms with van der Waals surface area (Å²) in [5.74, 6) is -2.66. The Kier molecular flexibility index (Phi) is 3.85. The molecule has 0 unspecified atom stereocenters. The van der Waals surface area contributed by atoms with E-state index in [1.165, 1.54) is 6.20 Å². The van der Waals surface area contributed by atoms with Gasteiger partial charge in [-0.1, -0.05) is 11.6 Å². The minimum Gasteiger partial charge on any atom is -0.396 e. The molecule has 0 atom stereocenters. The highest BCUT2D eigenvalue weighted by atomic mass is 35.5. The van der Waals surface area contributed by atoms with Gasteiger partial charge in [-0.2, -0.15) is 0 Å². The van der Waals surface area contributed by atoms with Crippen LogP contribution in [0, 0.1) is 18.6 Å². The van der Waals surface area contributed by atoms with E-state index in [-0.39, 0.29) is 11.3 Å². The summed E-state index contributed by atoms with van der Waals surface area (Å²) in [7, 11) is 0. The summed E-state index contributed by atoms with van der Waals surface area (Å²) in [6.45, 7) is 1.71. The summed E-state index contributed by atoms with van der Waals surface area (Å²) in [6, 6.07) is 3.09. The van der Waals surface area contributed by atoms with Crippen molar-refractivity contribution in [2.24, 2.45) is 0 Å². The number of aryl methyl sites for hydroxylation is 1. The molecular formula is C13H10ClF2N3O. The first-order valence-electron chi connectivity index (χ1n) is 5.56. The molecule has 2 aromatic rings. The molecule has 7 heteroatoms. The Morgan fingerprint density at radius 2 is 2.00 bits per heavy atom. The fourth-order valence-electron chi connectivity index (χ4n) is 1.56. The summed E-state index contributed by atoms with van der Waals surface area (Å²) in [5, 5.41) is 2.74. The number of nitrogens with one attached hydrogen (secondary N) is 1. The second kappa shape index (κ2) is 5.42. The first-order chi connectivity index (χ1) is 9.38. The number of benzene rings is 1. The molecule has 1 heterocycles. The molecule has 1 aromatic carbocycles. The van der Waals surface area contributed by atoms with Crippen molar-refractivity contribution in [3.05, 3.63) is 52.3 Å². The minimum absolute atomic E-state index is 0.304. The SMILES string of the molecule is Cc1cc(NC(=O)c2cc(N)c(F)cc2F)cnc1Cl. The third-order valence-corrected chi connectivity index (χ3v) is 3.00. The Bertz CT molecular complexity index is 692.